The maximum Gasteiger partial charge on any atom is 0.165 e. The number of nitrogens with zero attached hydrogens (tertiary/aromatic N) is 1. The van der Waals surface area contributed by atoms with E-state index in [4.69, 9.17) is 0 Å². The quantitative estimate of drug-likeness (QED) is 0.359. The van der Waals surface area contributed by atoms with Gasteiger partial charge in [-0.05, 0) is 5.56 Å². The molecule has 0 saturated heterocycles. The van der Waals surface area contributed by atoms with E-state index < -0.39 is 6.10 Å². The molecule has 3 heteroatoms. The molecule has 0 fully saturated rings. The lowest BCUT2D eigenvalue weighted by Crippen LogP contribution is -2.23. The smallest absolute Gasteiger partial charge is 0.165 e. The summed E-state index contributed by atoms with van der Waals surface area (Å²) in [7, 11) is 0. The molecule has 0 bridgehead atoms. The first kappa shape index (κ1) is 12.7. The number of hydrogen-bond donors (Lipinski definition) is 1. The Kier molecular flexibility index (Phi) is 4.99. The van der Waals surface area contributed by atoms with Crippen LogP contribution in [0.4, 0.5) is 0 Å². The third-order valence-corrected chi connectivity index (χ3v) is 2.77. The molecule has 16 heavy (non-hydrogen) atoms. The number of benzene rings is 1. The zero-order valence-corrected chi connectivity index (χ0v) is 9.84. The standard InChI is InChI=1S/C13H19NO2/c1-3-12(14(16)4-2)10-13(15)11-8-6-5-7-9-11/h4-9,12-13,15H,3,10H2,1-2H3/b14-4-/t12-,13-/m1/s1. The van der Waals surface area contributed by atoms with E-state index in [9.17, 15) is 10.3 Å². The van der Waals surface area contributed by atoms with Crippen molar-refractivity contribution >= 4 is 6.21 Å². The lowest BCUT2D eigenvalue weighted by Gasteiger charge is -2.18. The van der Waals surface area contributed by atoms with Crippen molar-refractivity contribution in [2.75, 3.05) is 0 Å². The Morgan fingerprint density at radius 1 is 1.38 bits per heavy atom. The summed E-state index contributed by atoms with van der Waals surface area (Å²) < 4.78 is 0.923. The molecule has 0 saturated carbocycles. The summed E-state index contributed by atoms with van der Waals surface area (Å²) in [4.78, 5) is 0. The van der Waals surface area contributed by atoms with Crippen molar-refractivity contribution in [2.24, 2.45) is 0 Å². The number of hydroxylamine groups is 1. The van der Waals surface area contributed by atoms with Crippen molar-refractivity contribution in [1.29, 1.82) is 0 Å². The summed E-state index contributed by atoms with van der Waals surface area (Å²) in [6, 6.07) is 9.29. The third-order valence-electron chi connectivity index (χ3n) is 2.77. The number of hydrogen-bond acceptors (Lipinski definition) is 2. The third kappa shape index (κ3) is 3.35. The maximum atomic E-state index is 11.5. The van der Waals surface area contributed by atoms with Crippen molar-refractivity contribution in [3.05, 3.63) is 41.1 Å². The van der Waals surface area contributed by atoms with Gasteiger partial charge in [-0.3, -0.25) is 0 Å². The predicted octanol–water partition coefficient (Wildman–Crippen LogP) is 2.49. The number of rotatable bonds is 5. The molecule has 0 aromatic heterocycles. The highest BCUT2D eigenvalue weighted by atomic mass is 16.5. The van der Waals surface area contributed by atoms with Crippen molar-refractivity contribution in [1.82, 2.24) is 0 Å². The van der Waals surface area contributed by atoms with Gasteiger partial charge >= 0.3 is 0 Å². The Balaban J connectivity index is 2.66. The summed E-state index contributed by atoms with van der Waals surface area (Å²) in [6.45, 7) is 3.67. The molecule has 1 aromatic carbocycles. The van der Waals surface area contributed by atoms with Crippen LogP contribution in [0.15, 0.2) is 30.3 Å². The molecule has 1 rings (SSSR count). The van der Waals surface area contributed by atoms with Gasteiger partial charge < -0.3 is 10.3 Å². The SMILES string of the molecule is C/C=[N+](\[O-])[C@H](CC)C[C@@H](O)c1ccccc1. The fourth-order valence-corrected chi connectivity index (χ4v) is 1.73. The van der Waals surface area contributed by atoms with Crippen LogP contribution < -0.4 is 0 Å². The van der Waals surface area contributed by atoms with Crippen LogP contribution in [-0.2, 0) is 0 Å². The van der Waals surface area contributed by atoms with Gasteiger partial charge in [0, 0.05) is 19.8 Å². The predicted molar refractivity (Wildman–Crippen MR) is 65.5 cm³/mol. The van der Waals surface area contributed by atoms with Crippen molar-refractivity contribution in [3.8, 4) is 0 Å². The Labute approximate surface area is 96.6 Å². The Hall–Kier alpha value is -1.35. The molecule has 0 spiro atoms. The van der Waals surface area contributed by atoms with Crippen LogP contribution in [0, 0.1) is 5.21 Å². The van der Waals surface area contributed by atoms with E-state index >= 15 is 0 Å². The van der Waals surface area contributed by atoms with E-state index in [0.717, 1.165) is 16.7 Å². The Morgan fingerprint density at radius 2 is 2.00 bits per heavy atom. The first-order valence-electron chi connectivity index (χ1n) is 5.67. The second kappa shape index (κ2) is 6.28. The molecule has 0 aliphatic carbocycles. The number of aliphatic hydroxyl groups excluding tert-OH is 1. The molecule has 0 aliphatic heterocycles. The van der Waals surface area contributed by atoms with Crippen LogP contribution in [0.2, 0.25) is 0 Å². The van der Waals surface area contributed by atoms with Crippen LogP contribution in [-0.4, -0.2) is 22.1 Å². The second-order valence-corrected chi connectivity index (χ2v) is 3.84. The molecule has 0 amide bonds. The van der Waals surface area contributed by atoms with Crippen LogP contribution >= 0.6 is 0 Å². The molecule has 2 atom stereocenters. The second-order valence-electron chi connectivity index (χ2n) is 3.84. The van der Waals surface area contributed by atoms with Crippen molar-refractivity contribution < 1.29 is 9.85 Å². The highest BCUT2D eigenvalue weighted by molar-refractivity contribution is 5.46. The normalized spacial score (nSPS) is 15.8. The lowest BCUT2D eigenvalue weighted by molar-refractivity contribution is -0.500. The first-order chi connectivity index (χ1) is 7.69. The topological polar surface area (TPSA) is 46.3 Å². The van der Waals surface area contributed by atoms with E-state index in [1.165, 1.54) is 6.21 Å². The fraction of sp³-hybridized carbons (Fsp3) is 0.462. The number of aliphatic hydroxyl groups is 1. The molecular weight excluding hydrogens is 202 g/mol. The average Bonchev–Trinajstić information content (AvgIpc) is 2.35. The summed E-state index contributed by atoms with van der Waals surface area (Å²) in [5.74, 6) is 0. The molecular formula is C13H19NO2. The molecule has 1 N–H and O–H groups in total. The zero-order chi connectivity index (χ0) is 12.0. The molecule has 0 unspecified atom stereocenters. The fourth-order valence-electron chi connectivity index (χ4n) is 1.73. The zero-order valence-electron chi connectivity index (χ0n) is 9.84. The van der Waals surface area contributed by atoms with Gasteiger partial charge in [-0.25, -0.2) is 4.74 Å². The minimum absolute atomic E-state index is 0.153. The van der Waals surface area contributed by atoms with Gasteiger partial charge in [0.2, 0.25) is 0 Å². The molecule has 0 radical (unpaired) electrons. The van der Waals surface area contributed by atoms with Crippen molar-refractivity contribution in [3.63, 3.8) is 0 Å². The summed E-state index contributed by atoms with van der Waals surface area (Å²) in [5, 5.41) is 21.4. The van der Waals surface area contributed by atoms with Gasteiger partial charge in [0.05, 0.1) is 6.10 Å². The summed E-state index contributed by atoms with van der Waals surface area (Å²) >= 11 is 0. The summed E-state index contributed by atoms with van der Waals surface area (Å²) in [5.41, 5.74) is 0.866. The van der Waals surface area contributed by atoms with Gasteiger partial charge in [0.15, 0.2) is 6.04 Å². The van der Waals surface area contributed by atoms with E-state index in [1.54, 1.807) is 6.92 Å². The lowest BCUT2D eigenvalue weighted by atomic mass is 10.0. The highest BCUT2D eigenvalue weighted by Gasteiger charge is 2.19. The Bertz CT molecular complexity index is 335. The van der Waals surface area contributed by atoms with Gasteiger partial charge in [-0.2, -0.15) is 0 Å². The molecule has 88 valence electrons. The van der Waals surface area contributed by atoms with E-state index in [0.29, 0.717) is 6.42 Å². The monoisotopic (exact) mass is 221 g/mol. The average molecular weight is 221 g/mol. The van der Waals surface area contributed by atoms with Crippen LogP contribution in [0.1, 0.15) is 38.4 Å². The first-order valence-corrected chi connectivity index (χ1v) is 5.67. The van der Waals surface area contributed by atoms with Gasteiger partial charge in [0.1, 0.15) is 6.21 Å². The molecule has 1 aromatic rings. The van der Waals surface area contributed by atoms with E-state index in [-0.39, 0.29) is 6.04 Å². The summed E-state index contributed by atoms with van der Waals surface area (Å²) in [6.07, 6.45) is 2.14. The largest absolute Gasteiger partial charge is 0.624 e. The van der Waals surface area contributed by atoms with Gasteiger partial charge in [-0.1, -0.05) is 37.3 Å². The van der Waals surface area contributed by atoms with Crippen LogP contribution in [0.25, 0.3) is 0 Å². The van der Waals surface area contributed by atoms with Crippen LogP contribution in [0.3, 0.4) is 0 Å². The highest BCUT2D eigenvalue weighted by Crippen LogP contribution is 2.20. The van der Waals surface area contributed by atoms with E-state index in [1.807, 2.05) is 37.3 Å². The van der Waals surface area contributed by atoms with Crippen molar-refractivity contribution in [2.45, 2.75) is 38.8 Å². The van der Waals surface area contributed by atoms with Gasteiger partial charge in [0.25, 0.3) is 0 Å². The van der Waals surface area contributed by atoms with E-state index in [2.05, 4.69) is 0 Å². The minimum Gasteiger partial charge on any atom is -0.624 e. The maximum absolute atomic E-state index is 11.5. The molecule has 3 nitrogen and oxygen atoms in total. The molecule has 0 heterocycles. The minimum atomic E-state index is -0.567. The van der Waals surface area contributed by atoms with Gasteiger partial charge in [-0.15, -0.1) is 0 Å². The Morgan fingerprint density at radius 3 is 2.50 bits per heavy atom. The van der Waals surface area contributed by atoms with Crippen LogP contribution in [0.5, 0.6) is 0 Å². The molecule has 0 aliphatic rings.